The molecule has 0 saturated carbocycles. The van der Waals surface area contributed by atoms with Gasteiger partial charge in [0, 0.05) is 37.8 Å². The summed E-state index contributed by atoms with van der Waals surface area (Å²) in [6.45, 7) is 2.28. The van der Waals surface area contributed by atoms with Crippen LogP contribution in [0.15, 0.2) is 24.3 Å². The average Bonchev–Trinajstić information content (AvgIpc) is 3.11. The molecule has 0 aromatic heterocycles. The van der Waals surface area contributed by atoms with Gasteiger partial charge < -0.3 is 9.80 Å². The first-order valence-electron chi connectivity index (χ1n) is 7.75. The van der Waals surface area contributed by atoms with Crippen molar-refractivity contribution in [3.8, 4) is 0 Å². The minimum Gasteiger partial charge on any atom is -0.339 e. The van der Waals surface area contributed by atoms with Gasteiger partial charge >= 0.3 is 0 Å². The first-order chi connectivity index (χ1) is 11.1. The monoisotopic (exact) mass is 337 g/mol. The molecular formula is C16H20FN3O2S. The zero-order valence-electron chi connectivity index (χ0n) is 12.8. The van der Waals surface area contributed by atoms with Crippen molar-refractivity contribution in [2.45, 2.75) is 12.5 Å². The summed E-state index contributed by atoms with van der Waals surface area (Å²) in [5.41, 5.74) is 0.807. The van der Waals surface area contributed by atoms with E-state index in [9.17, 15) is 14.0 Å². The zero-order valence-corrected chi connectivity index (χ0v) is 13.7. The number of thioether (sulfide) groups is 1. The van der Waals surface area contributed by atoms with Crippen LogP contribution in [0.25, 0.3) is 0 Å². The van der Waals surface area contributed by atoms with E-state index < -0.39 is 0 Å². The van der Waals surface area contributed by atoms with Crippen LogP contribution in [-0.2, 0) is 16.0 Å². The topological polar surface area (TPSA) is 52.7 Å². The Balaban J connectivity index is 1.49. The lowest BCUT2D eigenvalue weighted by Crippen LogP contribution is -2.54. The lowest BCUT2D eigenvalue weighted by Gasteiger charge is -2.36. The van der Waals surface area contributed by atoms with E-state index in [1.807, 2.05) is 4.90 Å². The molecule has 0 bridgehead atoms. The van der Waals surface area contributed by atoms with Gasteiger partial charge in [0.15, 0.2) is 0 Å². The number of amides is 2. The summed E-state index contributed by atoms with van der Waals surface area (Å²) in [5.74, 6) is 1.51. The second-order valence-electron chi connectivity index (χ2n) is 5.78. The molecule has 1 unspecified atom stereocenters. The maximum atomic E-state index is 12.9. The van der Waals surface area contributed by atoms with E-state index in [4.69, 9.17) is 0 Å². The fourth-order valence-corrected chi connectivity index (χ4v) is 3.77. The first kappa shape index (κ1) is 16.3. The van der Waals surface area contributed by atoms with Gasteiger partial charge in [-0.3, -0.25) is 14.9 Å². The maximum Gasteiger partial charge on any atom is 0.240 e. The van der Waals surface area contributed by atoms with Crippen LogP contribution in [-0.4, -0.2) is 65.5 Å². The van der Waals surface area contributed by atoms with Crippen LogP contribution in [0.3, 0.4) is 0 Å². The molecule has 1 N–H and O–H groups in total. The van der Waals surface area contributed by atoms with E-state index in [-0.39, 0.29) is 30.1 Å². The van der Waals surface area contributed by atoms with Gasteiger partial charge in [-0.2, -0.15) is 0 Å². The molecule has 5 nitrogen and oxygen atoms in total. The van der Waals surface area contributed by atoms with Crippen molar-refractivity contribution < 1.29 is 14.0 Å². The molecule has 2 fully saturated rings. The van der Waals surface area contributed by atoms with E-state index in [1.165, 1.54) is 12.1 Å². The molecule has 2 aliphatic heterocycles. The van der Waals surface area contributed by atoms with Crippen LogP contribution in [0.5, 0.6) is 0 Å². The van der Waals surface area contributed by atoms with Crippen molar-refractivity contribution in [1.29, 1.82) is 0 Å². The van der Waals surface area contributed by atoms with Crippen LogP contribution in [0.1, 0.15) is 5.56 Å². The molecule has 0 spiro atoms. The maximum absolute atomic E-state index is 12.9. The molecule has 1 atom stereocenters. The molecule has 2 aliphatic rings. The second kappa shape index (κ2) is 7.31. The average molecular weight is 337 g/mol. The van der Waals surface area contributed by atoms with Crippen molar-refractivity contribution in [2.75, 3.05) is 37.8 Å². The third-order valence-electron chi connectivity index (χ3n) is 4.23. The number of halogens is 1. The van der Waals surface area contributed by atoms with Gasteiger partial charge in [0.1, 0.15) is 5.82 Å². The minimum atomic E-state index is -0.299. The lowest BCUT2D eigenvalue weighted by molar-refractivity contribution is -0.140. The second-order valence-corrected chi connectivity index (χ2v) is 6.81. The van der Waals surface area contributed by atoms with E-state index in [2.05, 4.69) is 5.32 Å². The molecule has 1 aromatic rings. The molecule has 2 saturated heterocycles. The minimum absolute atomic E-state index is 0.0262. The number of benzene rings is 1. The standard InChI is InChI=1S/C16H20FN3O2S/c17-13-3-1-12(2-4-13)9-15(21)19-5-7-20(8-6-19)16(22)14-10-23-11-18-14/h1-4,14,18H,5-11H2. The third kappa shape index (κ3) is 4.03. The van der Waals surface area contributed by atoms with Crippen LogP contribution in [0.4, 0.5) is 4.39 Å². The highest BCUT2D eigenvalue weighted by atomic mass is 32.2. The summed E-state index contributed by atoms with van der Waals surface area (Å²) < 4.78 is 12.9. The summed E-state index contributed by atoms with van der Waals surface area (Å²) in [6, 6.07) is 5.92. The van der Waals surface area contributed by atoms with E-state index in [0.29, 0.717) is 26.2 Å². The number of piperazine rings is 1. The molecule has 23 heavy (non-hydrogen) atoms. The Hall–Kier alpha value is -1.60. The summed E-state index contributed by atoms with van der Waals surface area (Å²) in [7, 11) is 0. The van der Waals surface area contributed by atoms with Gasteiger partial charge in [-0.05, 0) is 17.7 Å². The van der Waals surface area contributed by atoms with Crippen LogP contribution in [0, 0.1) is 5.82 Å². The smallest absolute Gasteiger partial charge is 0.240 e. The summed E-state index contributed by atoms with van der Waals surface area (Å²) >= 11 is 1.73. The normalized spacial score (nSPS) is 21.5. The third-order valence-corrected chi connectivity index (χ3v) is 5.17. The van der Waals surface area contributed by atoms with Gasteiger partial charge in [-0.25, -0.2) is 4.39 Å². The molecule has 2 amide bonds. The Bertz CT molecular complexity index is 567. The predicted octanol–water partition coefficient (Wildman–Crippen LogP) is 0.702. The Morgan fingerprint density at radius 3 is 2.39 bits per heavy atom. The van der Waals surface area contributed by atoms with E-state index in [1.54, 1.807) is 28.8 Å². The van der Waals surface area contributed by atoms with Crippen molar-refractivity contribution in [1.82, 2.24) is 15.1 Å². The highest BCUT2D eigenvalue weighted by molar-refractivity contribution is 7.99. The quantitative estimate of drug-likeness (QED) is 0.882. The number of nitrogens with zero attached hydrogens (tertiary/aromatic N) is 2. The van der Waals surface area contributed by atoms with Crippen molar-refractivity contribution in [3.05, 3.63) is 35.6 Å². The summed E-state index contributed by atoms with van der Waals surface area (Å²) in [6.07, 6.45) is 0.273. The van der Waals surface area contributed by atoms with Crippen molar-refractivity contribution >= 4 is 23.6 Å². The Morgan fingerprint density at radius 2 is 1.78 bits per heavy atom. The number of hydrogen-bond donors (Lipinski definition) is 1. The number of hydrogen-bond acceptors (Lipinski definition) is 4. The van der Waals surface area contributed by atoms with Gasteiger partial charge in [0.2, 0.25) is 11.8 Å². The largest absolute Gasteiger partial charge is 0.339 e. The van der Waals surface area contributed by atoms with Crippen molar-refractivity contribution in [2.24, 2.45) is 0 Å². The number of rotatable bonds is 3. The number of carbonyl (C=O) groups excluding carboxylic acids is 2. The van der Waals surface area contributed by atoms with Crippen molar-refractivity contribution in [3.63, 3.8) is 0 Å². The molecular weight excluding hydrogens is 317 g/mol. The number of nitrogens with one attached hydrogen (secondary N) is 1. The molecule has 0 aliphatic carbocycles. The summed E-state index contributed by atoms with van der Waals surface area (Å²) in [4.78, 5) is 28.2. The Labute approximate surface area is 139 Å². The predicted molar refractivity (Wildman–Crippen MR) is 87.5 cm³/mol. The lowest BCUT2D eigenvalue weighted by atomic mass is 10.1. The van der Waals surface area contributed by atoms with Gasteiger partial charge in [-0.1, -0.05) is 12.1 Å². The van der Waals surface area contributed by atoms with E-state index in [0.717, 1.165) is 17.2 Å². The molecule has 3 rings (SSSR count). The molecule has 0 radical (unpaired) electrons. The zero-order chi connectivity index (χ0) is 16.2. The molecule has 2 heterocycles. The number of carbonyl (C=O) groups is 2. The first-order valence-corrected chi connectivity index (χ1v) is 8.91. The van der Waals surface area contributed by atoms with Crippen LogP contribution >= 0.6 is 11.8 Å². The van der Waals surface area contributed by atoms with Crippen LogP contribution in [0.2, 0.25) is 0 Å². The Kier molecular flexibility index (Phi) is 5.17. The fraction of sp³-hybridized carbons (Fsp3) is 0.500. The van der Waals surface area contributed by atoms with E-state index >= 15 is 0 Å². The van der Waals surface area contributed by atoms with Gasteiger partial charge in [0.05, 0.1) is 12.5 Å². The highest BCUT2D eigenvalue weighted by Gasteiger charge is 2.30. The summed E-state index contributed by atoms with van der Waals surface area (Å²) in [5, 5.41) is 3.19. The fourth-order valence-electron chi connectivity index (χ4n) is 2.84. The molecule has 124 valence electrons. The molecule has 1 aromatic carbocycles. The van der Waals surface area contributed by atoms with Gasteiger partial charge in [0.25, 0.3) is 0 Å². The SMILES string of the molecule is O=C(Cc1ccc(F)cc1)N1CCN(C(=O)C2CSCN2)CC1. The highest BCUT2D eigenvalue weighted by Crippen LogP contribution is 2.14. The molecule has 7 heteroatoms. The van der Waals surface area contributed by atoms with Crippen LogP contribution < -0.4 is 5.32 Å². The van der Waals surface area contributed by atoms with Gasteiger partial charge in [-0.15, -0.1) is 11.8 Å². The Morgan fingerprint density at radius 1 is 1.13 bits per heavy atom.